The Morgan fingerprint density at radius 1 is 1.39 bits per heavy atom. The third kappa shape index (κ3) is 2.39. The zero-order valence-electron chi connectivity index (χ0n) is 11.5. The Hall–Kier alpha value is -1.02. The number of ether oxygens (including phenoxy) is 1. The fourth-order valence-electron chi connectivity index (χ4n) is 2.68. The van der Waals surface area contributed by atoms with Crippen molar-refractivity contribution in [2.45, 2.75) is 45.6 Å². The van der Waals surface area contributed by atoms with E-state index < -0.39 is 0 Å². The molecule has 0 spiro atoms. The number of rotatable bonds is 5. The molecule has 0 aromatic heterocycles. The molecule has 1 aliphatic heterocycles. The van der Waals surface area contributed by atoms with E-state index in [4.69, 9.17) is 4.74 Å². The van der Waals surface area contributed by atoms with Crippen LogP contribution in [0.1, 0.15) is 50.3 Å². The molecule has 0 radical (unpaired) electrons. The van der Waals surface area contributed by atoms with Crippen molar-refractivity contribution in [1.29, 1.82) is 0 Å². The summed E-state index contributed by atoms with van der Waals surface area (Å²) >= 11 is 0. The second-order valence-corrected chi connectivity index (χ2v) is 6.12. The molecule has 0 amide bonds. The summed E-state index contributed by atoms with van der Waals surface area (Å²) in [6.07, 6.45) is 4.98. The largest absolute Gasteiger partial charge is 0.493 e. The summed E-state index contributed by atoms with van der Waals surface area (Å²) in [6, 6.07) is 7.19. The molecule has 1 saturated carbocycles. The van der Waals surface area contributed by atoms with Crippen molar-refractivity contribution >= 4 is 0 Å². The van der Waals surface area contributed by atoms with E-state index in [1.807, 2.05) is 0 Å². The molecule has 1 heterocycles. The topological polar surface area (TPSA) is 21.3 Å². The van der Waals surface area contributed by atoms with Crippen molar-refractivity contribution in [3.8, 4) is 5.75 Å². The zero-order chi connectivity index (χ0) is 12.6. The highest BCUT2D eigenvalue weighted by molar-refractivity contribution is 5.40. The minimum Gasteiger partial charge on any atom is -0.493 e. The quantitative estimate of drug-likeness (QED) is 0.857. The van der Waals surface area contributed by atoms with Gasteiger partial charge in [0, 0.05) is 19.0 Å². The average molecular weight is 245 g/mol. The Bertz CT molecular complexity index is 437. The van der Waals surface area contributed by atoms with Crippen molar-refractivity contribution in [2.75, 3.05) is 13.2 Å². The van der Waals surface area contributed by atoms with Gasteiger partial charge in [0.1, 0.15) is 5.75 Å². The average Bonchev–Trinajstić information content (AvgIpc) is 2.93. The summed E-state index contributed by atoms with van der Waals surface area (Å²) in [7, 11) is 0. The molecule has 1 aliphatic carbocycles. The lowest BCUT2D eigenvalue weighted by molar-refractivity contribution is 0.356. The van der Waals surface area contributed by atoms with Crippen LogP contribution in [0, 0.1) is 5.41 Å². The van der Waals surface area contributed by atoms with Gasteiger partial charge >= 0.3 is 0 Å². The van der Waals surface area contributed by atoms with Gasteiger partial charge < -0.3 is 10.1 Å². The van der Waals surface area contributed by atoms with E-state index in [1.165, 1.54) is 24.0 Å². The molecule has 1 atom stereocenters. The minimum atomic E-state index is 0.494. The second-order valence-electron chi connectivity index (χ2n) is 6.12. The number of nitrogens with one attached hydrogen (secondary N) is 1. The molecule has 98 valence electrons. The lowest BCUT2D eigenvalue weighted by Crippen LogP contribution is -2.26. The molecule has 1 unspecified atom stereocenters. The number of fused-ring (bicyclic) bond motifs is 1. The van der Waals surface area contributed by atoms with Gasteiger partial charge in [0.05, 0.1) is 6.61 Å². The first kappa shape index (κ1) is 12.0. The first-order chi connectivity index (χ1) is 8.70. The Kier molecular flexibility index (Phi) is 3.06. The van der Waals surface area contributed by atoms with Crippen molar-refractivity contribution in [1.82, 2.24) is 5.32 Å². The van der Waals surface area contributed by atoms with E-state index in [9.17, 15) is 0 Å². The molecule has 18 heavy (non-hydrogen) atoms. The van der Waals surface area contributed by atoms with Gasteiger partial charge in [-0.3, -0.25) is 0 Å². The highest BCUT2D eigenvalue weighted by atomic mass is 16.5. The van der Waals surface area contributed by atoms with Gasteiger partial charge in [-0.05, 0) is 41.9 Å². The monoisotopic (exact) mass is 245 g/mol. The maximum atomic E-state index is 5.57. The van der Waals surface area contributed by atoms with E-state index in [2.05, 4.69) is 37.4 Å². The van der Waals surface area contributed by atoms with Gasteiger partial charge in [-0.2, -0.15) is 0 Å². The predicted molar refractivity (Wildman–Crippen MR) is 74.0 cm³/mol. The Labute approximate surface area is 110 Å². The molecule has 1 aromatic rings. The van der Waals surface area contributed by atoms with E-state index in [-0.39, 0.29) is 0 Å². The van der Waals surface area contributed by atoms with Crippen molar-refractivity contribution in [3.63, 3.8) is 0 Å². The van der Waals surface area contributed by atoms with Crippen molar-refractivity contribution in [3.05, 3.63) is 29.3 Å². The Balaban J connectivity index is 1.70. The molecule has 2 heteroatoms. The van der Waals surface area contributed by atoms with Crippen molar-refractivity contribution in [2.24, 2.45) is 5.41 Å². The number of hydrogen-bond acceptors (Lipinski definition) is 2. The summed E-state index contributed by atoms with van der Waals surface area (Å²) in [5.41, 5.74) is 3.38. The maximum Gasteiger partial charge on any atom is 0.122 e. The molecule has 0 bridgehead atoms. The molecule has 0 saturated heterocycles. The summed E-state index contributed by atoms with van der Waals surface area (Å²) in [5.74, 6) is 1.09. The number of benzene rings is 1. The highest BCUT2D eigenvalue weighted by Crippen LogP contribution is 2.44. The minimum absolute atomic E-state index is 0.494. The van der Waals surface area contributed by atoms with E-state index in [0.717, 1.165) is 31.7 Å². The molecule has 2 aliphatic rings. The smallest absolute Gasteiger partial charge is 0.122 e. The van der Waals surface area contributed by atoms with Crippen LogP contribution in [0.4, 0.5) is 0 Å². The third-order valence-electron chi connectivity index (χ3n) is 4.40. The summed E-state index contributed by atoms with van der Waals surface area (Å²) < 4.78 is 5.57. The molecule has 1 fully saturated rings. The zero-order valence-corrected chi connectivity index (χ0v) is 11.5. The standard InChI is InChI=1S/C16H23NO/c1-3-14(17-11-16(2)7-8-16)12-4-5-15-13(10-12)6-9-18-15/h4-5,10,14,17H,3,6-9,11H2,1-2H3. The van der Waals surface area contributed by atoms with E-state index >= 15 is 0 Å². The van der Waals surface area contributed by atoms with Gasteiger partial charge in [0.15, 0.2) is 0 Å². The molecule has 2 nitrogen and oxygen atoms in total. The molecule has 1 aromatic carbocycles. The molecular weight excluding hydrogens is 222 g/mol. The number of hydrogen-bond donors (Lipinski definition) is 1. The van der Waals surface area contributed by atoms with Crippen LogP contribution in [0.5, 0.6) is 5.75 Å². The summed E-state index contributed by atoms with van der Waals surface area (Å²) in [6.45, 7) is 6.64. The van der Waals surface area contributed by atoms with Gasteiger partial charge in [-0.15, -0.1) is 0 Å². The van der Waals surface area contributed by atoms with Crippen molar-refractivity contribution < 1.29 is 4.74 Å². The highest BCUT2D eigenvalue weighted by Gasteiger charge is 2.37. The SMILES string of the molecule is CCC(NCC1(C)CC1)c1ccc2c(c1)CCO2. The molecule has 3 rings (SSSR count). The van der Waals surface area contributed by atoms with Crippen LogP contribution in [-0.4, -0.2) is 13.2 Å². The first-order valence-electron chi connectivity index (χ1n) is 7.19. The lowest BCUT2D eigenvalue weighted by Gasteiger charge is -2.20. The van der Waals surface area contributed by atoms with Crippen LogP contribution in [0.3, 0.4) is 0 Å². The fourth-order valence-corrected chi connectivity index (χ4v) is 2.68. The van der Waals surface area contributed by atoms with Crippen LogP contribution in [-0.2, 0) is 6.42 Å². The maximum absolute atomic E-state index is 5.57. The third-order valence-corrected chi connectivity index (χ3v) is 4.40. The van der Waals surface area contributed by atoms with Gasteiger partial charge in [0.2, 0.25) is 0 Å². The van der Waals surface area contributed by atoms with Crippen LogP contribution < -0.4 is 10.1 Å². The van der Waals surface area contributed by atoms with E-state index in [0.29, 0.717) is 11.5 Å². The second kappa shape index (κ2) is 4.58. The van der Waals surface area contributed by atoms with Crippen LogP contribution in [0.25, 0.3) is 0 Å². The Morgan fingerprint density at radius 2 is 2.22 bits per heavy atom. The normalized spacial score (nSPS) is 21.2. The molecule has 1 N–H and O–H groups in total. The van der Waals surface area contributed by atoms with Gasteiger partial charge in [-0.1, -0.05) is 26.0 Å². The molecular formula is C16H23NO. The van der Waals surface area contributed by atoms with Gasteiger partial charge in [-0.25, -0.2) is 0 Å². The lowest BCUT2D eigenvalue weighted by atomic mass is 10.00. The van der Waals surface area contributed by atoms with E-state index in [1.54, 1.807) is 0 Å². The predicted octanol–water partition coefficient (Wildman–Crippen LogP) is 3.46. The van der Waals surface area contributed by atoms with Gasteiger partial charge in [0.25, 0.3) is 0 Å². The van der Waals surface area contributed by atoms with Crippen LogP contribution >= 0.6 is 0 Å². The Morgan fingerprint density at radius 3 is 2.94 bits per heavy atom. The fraction of sp³-hybridized carbons (Fsp3) is 0.625. The summed E-state index contributed by atoms with van der Waals surface area (Å²) in [5, 5.41) is 3.74. The van der Waals surface area contributed by atoms with Crippen LogP contribution in [0.2, 0.25) is 0 Å². The first-order valence-corrected chi connectivity index (χ1v) is 7.19. The summed E-state index contributed by atoms with van der Waals surface area (Å²) in [4.78, 5) is 0. The van der Waals surface area contributed by atoms with Crippen LogP contribution in [0.15, 0.2) is 18.2 Å².